The summed E-state index contributed by atoms with van der Waals surface area (Å²) in [5.74, 6) is 0. The molecule has 25 heavy (non-hydrogen) atoms. The van der Waals surface area contributed by atoms with Gasteiger partial charge in [0.15, 0.2) is 5.11 Å². The molecule has 0 aliphatic carbocycles. The second kappa shape index (κ2) is 7.95. The molecule has 0 unspecified atom stereocenters. The van der Waals surface area contributed by atoms with Gasteiger partial charge in [0.2, 0.25) is 0 Å². The van der Waals surface area contributed by atoms with Crippen molar-refractivity contribution in [1.82, 2.24) is 15.2 Å². The van der Waals surface area contributed by atoms with Gasteiger partial charge in [0.1, 0.15) is 18.1 Å². The molecule has 7 heteroatoms. The number of thiocarbonyl (C=S) groups is 1. The fourth-order valence-electron chi connectivity index (χ4n) is 3.66. The predicted octanol–water partition coefficient (Wildman–Crippen LogP) is 1.22. The molecule has 134 valence electrons. The van der Waals surface area contributed by atoms with Crippen molar-refractivity contribution < 1.29 is 9.64 Å². The van der Waals surface area contributed by atoms with Gasteiger partial charge < -0.3 is 19.9 Å². The third-order valence-corrected chi connectivity index (χ3v) is 6.58. The third-order valence-electron chi connectivity index (χ3n) is 5.06. The Morgan fingerprint density at radius 2 is 2.20 bits per heavy atom. The Kier molecular flexibility index (Phi) is 5.45. The zero-order valence-corrected chi connectivity index (χ0v) is 16.0. The summed E-state index contributed by atoms with van der Waals surface area (Å²) in [5, 5.41) is 5.56. The minimum atomic E-state index is 0.327. The van der Waals surface area contributed by atoms with Crippen LogP contribution in [0.5, 0.6) is 0 Å². The lowest BCUT2D eigenvalue weighted by Gasteiger charge is -2.28. The lowest BCUT2D eigenvalue weighted by atomic mass is 10.2. The fourth-order valence-corrected chi connectivity index (χ4v) is 5.09. The zero-order chi connectivity index (χ0) is 17.1. The Balaban J connectivity index is 1.36. The molecule has 2 saturated heterocycles. The van der Waals surface area contributed by atoms with Gasteiger partial charge in [0, 0.05) is 6.54 Å². The van der Waals surface area contributed by atoms with E-state index in [1.807, 2.05) is 0 Å². The Morgan fingerprint density at radius 3 is 3.04 bits per heavy atom. The number of para-hydroxylation sites is 1. The number of ether oxygens (including phenoxy) is 1. The van der Waals surface area contributed by atoms with Crippen molar-refractivity contribution in [3.63, 3.8) is 0 Å². The highest BCUT2D eigenvalue weighted by Gasteiger charge is 2.30. The van der Waals surface area contributed by atoms with Crippen molar-refractivity contribution in [1.29, 1.82) is 0 Å². The minimum Gasteiger partial charge on any atom is -0.370 e. The predicted molar refractivity (Wildman–Crippen MR) is 105 cm³/mol. The number of nitrogens with one attached hydrogen (secondary N) is 2. The van der Waals surface area contributed by atoms with Crippen LogP contribution in [0.1, 0.15) is 23.9 Å². The van der Waals surface area contributed by atoms with E-state index in [0.717, 1.165) is 63.0 Å². The molecule has 2 aliphatic rings. The lowest BCUT2D eigenvalue weighted by molar-refractivity contribution is -0.906. The van der Waals surface area contributed by atoms with Crippen molar-refractivity contribution in [2.45, 2.75) is 18.9 Å². The van der Waals surface area contributed by atoms with Gasteiger partial charge >= 0.3 is 0 Å². The van der Waals surface area contributed by atoms with Gasteiger partial charge in [-0.15, -0.1) is 11.3 Å². The van der Waals surface area contributed by atoms with Gasteiger partial charge in [-0.2, -0.15) is 0 Å². The van der Waals surface area contributed by atoms with Gasteiger partial charge in [-0.05, 0) is 37.2 Å². The molecule has 1 atom stereocenters. The van der Waals surface area contributed by atoms with E-state index in [1.165, 1.54) is 16.1 Å². The van der Waals surface area contributed by atoms with Gasteiger partial charge in [-0.25, -0.2) is 4.98 Å². The van der Waals surface area contributed by atoms with Crippen molar-refractivity contribution in [3.05, 3.63) is 29.3 Å². The average molecular weight is 378 g/mol. The summed E-state index contributed by atoms with van der Waals surface area (Å²) in [7, 11) is 0. The van der Waals surface area contributed by atoms with Crippen molar-refractivity contribution in [2.24, 2.45) is 0 Å². The highest BCUT2D eigenvalue weighted by Crippen LogP contribution is 2.36. The summed E-state index contributed by atoms with van der Waals surface area (Å²) in [6.45, 7) is 7.02. The van der Waals surface area contributed by atoms with Crippen LogP contribution in [0.3, 0.4) is 0 Å². The van der Waals surface area contributed by atoms with Gasteiger partial charge in [-0.1, -0.05) is 12.1 Å². The molecule has 4 rings (SSSR count). The topological polar surface area (TPSA) is 41.8 Å². The fraction of sp³-hybridized carbons (Fsp3) is 0.556. The number of benzene rings is 1. The molecule has 0 radical (unpaired) electrons. The summed E-state index contributed by atoms with van der Waals surface area (Å²) < 4.78 is 6.68. The molecular weight excluding hydrogens is 352 g/mol. The number of aromatic nitrogens is 1. The maximum absolute atomic E-state index is 5.70. The number of likely N-dealkylation sites (tertiary alicyclic amines) is 1. The van der Waals surface area contributed by atoms with E-state index in [0.29, 0.717) is 6.04 Å². The Labute approximate surface area is 158 Å². The first kappa shape index (κ1) is 17.1. The van der Waals surface area contributed by atoms with E-state index in [1.54, 1.807) is 16.2 Å². The molecule has 2 aromatic rings. The van der Waals surface area contributed by atoms with Crippen molar-refractivity contribution >= 4 is 38.9 Å². The SMILES string of the molecule is S=C(NCC[NH+]1CCOCC1)N1CCC[C@@H]1c1nc2ccccc2s1. The van der Waals surface area contributed by atoms with E-state index >= 15 is 0 Å². The van der Waals surface area contributed by atoms with Crippen molar-refractivity contribution in [2.75, 3.05) is 45.9 Å². The van der Waals surface area contributed by atoms with Gasteiger partial charge in [0.25, 0.3) is 0 Å². The highest BCUT2D eigenvalue weighted by molar-refractivity contribution is 7.80. The largest absolute Gasteiger partial charge is 0.370 e. The second-order valence-corrected chi connectivity index (χ2v) is 8.16. The maximum atomic E-state index is 5.70. The normalized spacial score (nSPS) is 21.8. The number of nitrogens with zero attached hydrogens (tertiary/aromatic N) is 2. The van der Waals surface area contributed by atoms with Crippen LogP contribution in [-0.4, -0.2) is 60.9 Å². The smallest absolute Gasteiger partial charge is 0.169 e. The Morgan fingerprint density at radius 1 is 1.36 bits per heavy atom. The van der Waals surface area contributed by atoms with Gasteiger partial charge in [-0.3, -0.25) is 0 Å². The maximum Gasteiger partial charge on any atom is 0.169 e. The standard InChI is InChI=1S/C18H24N4OS2/c24-18(19-7-9-21-10-12-23-13-11-21)22-8-3-5-15(22)17-20-14-4-1-2-6-16(14)25-17/h1-2,4,6,15H,3,5,7-13H2,(H,19,24)/p+1/t15-/m1/s1. The summed E-state index contributed by atoms with van der Waals surface area (Å²) in [5.41, 5.74) is 1.10. The first-order valence-electron chi connectivity index (χ1n) is 9.12. The zero-order valence-electron chi connectivity index (χ0n) is 14.4. The molecule has 5 nitrogen and oxygen atoms in total. The average Bonchev–Trinajstić information content (AvgIpc) is 3.29. The van der Waals surface area contributed by atoms with Gasteiger partial charge in [0.05, 0.1) is 42.6 Å². The summed E-state index contributed by atoms with van der Waals surface area (Å²) in [6.07, 6.45) is 2.31. The van der Waals surface area contributed by atoms with E-state index < -0.39 is 0 Å². The molecule has 0 amide bonds. The number of thiazole rings is 1. The first-order valence-corrected chi connectivity index (χ1v) is 10.3. The minimum absolute atomic E-state index is 0.327. The Hall–Kier alpha value is -1.28. The van der Waals surface area contributed by atoms with E-state index in [2.05, 4.69) is 34.5 Å². The summed E-state index contributed by atoms with van der Waals surface area (Å²) in [6, 6.07) is 8.71. The van der Waals surface area contributed by atoms with Crippen LogP contribution in [0, 0.1) is 0 Å². The molecule has 0 saturated carbocycles. The summed E-state index contributed by atoms with van der Waals surface area (Å²) in [4.78, 5) is 8.79. The molecule has 1 aromatic heterocycles. The Bertz CT molecular complexity index is 696. The van der Waals surface area contributed by atoms with Crippen LogP contribution in [0.15, 0.2) is 24.3 Å². The molecule has 1 aromatic carbocycles. The van der Waals surface area contributed by atoms with E-state index in [9.17, 15) is 0 Å². The first-order chi connectivity index (χ1) is 12.3. The molecule has 3 heterocycles. The molecule has 2 N–H and O–H groups in total. The van der Waals surface area contributed by atoms with Crippen LogP contribution < -0.4 is 10.2 Å². The number of hydrogen-bond acceptors (Lipinski definition) is 4. The van der Waals surface area contributed by atoms with Crippen LogP contribution in [-0.2, 0) is 4.74 Å². The number of morpholine rings is 1. The number of hydrogen-bond donors (Lipinski definition) is 2. The molecule has 2 aliphatic heterocycles. The molecular formula is C18H25N4OS2+. The monoisotopic (exact) mass is 377 g/mol. The van der Waals surface area contributed by atoms with E-state index in [4.69, 9.17) is 21.9 Å². The van der Waals surface area contributed by atoms with E-state index in [-0.39, 0.29) is 0 Å². The quantitative estimate of drug-likeness (QED) is 0.785. The number of rotatable bonds is 4. The van der Waals surface area contributed by atoms with Crippen LogP contribution in [0.2, 0.25) is 0 Å². The van der Waals surface area contributed by atoms with Crippen molar-refractivity contribution in [3.8, 4) is 0 Å². The van der Waals surface area contributed by atoms with Crippen LogP contribution in [0.4, 0.5) is 0 Å². The molecule has 0 bridgehead atoms. The van der Waals surface area contributed by atoms with Crippen LogP contribution >= 0.6 is 23.6 Å². The number of fused-ring (bicyclic) bond motifs is 1. The molecule has 2 fully saturated rings. The third kappa shape index (κ3) is 3.95. The lowest BCUT2D eigenvalue weighted by Crippen LogP contribution is -3.14. The highest BCUT2D eigenvalue weighted by atomic mass is 32.1. The molecule has 0 spiro atoms. The number of quaternary nitrogens is 1. The van der Waals surface area contributed by atoms with Crippen LogP contribution in [0.25, 0.3) is 10.2 Å². The second-order valence-electron chi connectivity index (χ2n) is 6.72. The summed E-state index contributed by atoms with van der Waals surface area (Å²) >= 11 is 7.50.